The van der Waals surface area contributed by atoms with Crippen LogP contribution in [-0.4, -0.2) is 25.3 Å². The van der Waals surface area contributed by atoms with Crippen molar-refractivity contribution in [3.05, 3.63) is 89.7 Å². The number of imidazole rings is 1. The van der Waals surface area contributed by atoms with Gasteiger partial charge in [-0.05, 0) is 30.7 Å². The molecule has 1 N–H and O–H groups in total. The van der Waals surface area contributed by atoms with E-state index in [0.29, 0.717) is 5.82 Å². The lowest BCUT2D eigenvalue weighted by Gasteiger charge is -2.07. The van der Waals surface area contributed by atoms with Crippen molar-refractivity contribution in [2.75, 3.05) is 5.32 Å². The van der Waals surface area contributed by atoms with Crippen molar-refractivity contribution in [2.24, 2.45) is 0 Å². The predicted molar refractivity (Wildman–Crippen MR) is 123 cm³/mol. The largest absolute Gasteiger partial charge is 0.310 e. The molecule has 7 heteroatoms. The number of hydrogen-bond acceptors (Lipinski definition) is 5. The number of carbonyl (C=O) groups excluding carboxylic acids is 1. The molecule has 0 aliphatic heterocycles. The number of rotatable bonds is 5. The second-order valence-electron chi connectivity index (χ2n) is 7.14. The number of anilines is 1. The van der Waals surface area contributed by atoms with Crippen LogP contribution in [0.15, 0.2) is 78.4 Å². The Labute approximate surface area is 183 Å². The standard InChI is InChI=1S/C24H19N5OS/c1-16-8-7-13-29-22(16)28-21(17-9-3-2-4-10-17)23(29)27-20(30)14-18-15-31-24(26-18)19-11-5-6-12-25-19/h2-13,15H,14H2,1H3,(H,27,30). The highest BCUT2D eigenvalue weighted by Crippen LogP contribution is 2.30. The minimum absolute atomic E-state index is 0.140. The first kappa shape index (κ1) is 19.1. The number of hydrogen-bond donors (Lipinski definition) is 1. The lowest BCUT2D eigenvalue weighted by Crippen LogP contribution is -2.16. The molecule has 1 amide bonds. The molecule has 31 heavy (non-hydrogen) atoms. The Hall–Kier alpha value is -3.84. The van der Waals surface area contributed by atoms with Gasteiger partial charge in [-0.2, -0.15) is 0 Å². The Bertz CT molecular complexity index is 1360. The molecule has 4 aromatic heterocycles. The summed E-state index contributed by atoms with van der Waals surface area (Å²) in [6, 6.07) is 19.5. The number of nitrogens with one attached hydrogen (secondary N) is 1. The summed E-state index contributed by atoms with van der Waals surface area (Å²) in [5.74, 6) is 0.522. The number of pyridine rings is 2. The van der Waals surface area contributed by atoms with Gasteiger partial charge < -0.3 is 5.32 Å². The second kappa shape index (κ2) is 8.12. The molecule has 0 bridgehead atoms. The molecular formula is C24H19N5OS. The van der Waals surface area contributed by atoms with Crippen molar-refractivity contribution in [1.82, 2.24) is 19.4 Å². The number of aryl methyl sites for hydroxylation is 1. The molecule has 152 valence electrons. The molecule has 5 rings (SSSR count). The van der Waals surface area contributed by atoms with E-state index in [-0.39, 0.29) is 12.3 Å². The maximum Gasteiger partial charge on any atom is 0.231 e. The van der Waals surface area contributed by atoms with Crippen LogP contribution in [0, 0.1) is 6.92 Å². The van der Waals surface area contributed by atoms with E-state index >= 15 is 0 Å². The lowest BCUT2D eigenvalue weighted by molar-refractivity contribution is -0.115. The van der Waals surface area contributed by atoms with Gasteiger partial charge in [0.25, 0.3) is 0 Å². The summed E-state index contributed by atoms with van der Waals surface area (Å²) in [5.41, 5.74) is 5.09. The van der Waals surface area contributed by atoms with Crippen LogP contribution in [0.4, 0.5) is 5.82 Å². The molecule has 6 nitrogen and oxygen atoms in total. The summed E-state index contributed by atoms with van der Waals surface area (Å²) in [6.45, 7) is 2.01. The van der Waals surface area contributed by atoms with Crippen molar-refractivity contribution < 1.29 is 4.79 Å². The van der Waals surface area contributed by atoms with Crippen LogP contribution >= 0.6 is 11.3 Å². The summed E-state index contributed by atoms with van der Waals surface area (Å²) >= 11 is 1.49. The normalized spacial score (nSPS) is 11.0. The third-order valence-corrected chi connectivity index (χ3v) is 5.84. The number of aromatic nitrogens is 4. The number of amides is 1. The second-order valence-corrected chi connectivity index (χ2v) is 8.00. The van der Waals surface area contributed by atoms with Crippen LogP contribution in [0.25, 0.3) is 27.6 Å². The van der Waals surface area contributed by atoms with Gasteiger partial charge in [-0.15, -0.1) is 11.3 Å². The SMILES string of the molecule is Cc1cccn2c(NC(=O)Cc3csc(-c4ccccn4)n3)c(-c3ccccc3)nc12. The average Bonchev–Trinajstić information content (AvgIpc) is 3.41. The molecule has 0 fully saturated rings. The highest BCUT2D eigenvalue weighted by atomic mass is 32.1. The topological polar surface area (TPSA) is 72.2 Å². The van der Waals surface area contributed by atoms with Gasteiger partial charge in [0.1, 0.15) is 22.2 Å². The van der Waals surface area contributed by atoms with Gasteiger partial charge in [0, 0.05) is 23.3 Å². The Kier molecular flexibility index (Phi) is 5.01. The number of nitrogens with zero attached hydrogens (tertiary/aromatic N) is 4. The average molecular weight is 426 g/mol. The maximum atomic E-state index is 12.9. The van der Waals surface area contributed by atoms with E-state index in [2.05, 4.69) is 15.3 Å². The highest BCUT2D eigenvalue weighted by Gasteiger charge is 2.18. The van der Waals surface area contributed by atoms with Gasteiger partial charge in [0.2, 0.25) is 5.91 Å². The molecule has 0 aliphatic rings. The van der Waals surface area contributed by atoms with Crippen LogP contribution in [0.2, 0.25) is 0 Å². The summed E-state index contributed by atoms with van der Waals surface area (Å²) in [7, 11) is 0. The smallest absolute Gasteiger partial charge is 0.231 e. The summed E-state index contributed by atoms with van der Waals surface area (Å²) in [5, 5.41) is 5.77. The zero-order chi connectivity index (χ0) is 21.2. The number of benzene rings is 1. The summed E-state index contributed by atoms with van der Waals surface area (Å²) in [6.07, 6.45) is 3.83. The lowest BCUT2D eigenvalue weighted by atomic mass is 10.1. The van der Waals surface area contributed by atoms with Gasteiger partial charge in [0.15, 0.2) is 0 Å². The van der Waals surface area contributed by atoms with Crippen molar-refractivity contribution in [2.45, 2.75) is 13.3 Å². The van der Waals surface area contributed by atoms with E-state index in [0.717, 1.165) is 38.9 Å². The van der Waals surface area contributed by atoms with Crippen LogP contribution in [0.1, 0.15) is 11.3 Å². The first-order chi connectivity index (χ1) is 15.2. The molecule has 0 atom stereocenters. The third-order valence-electron chi connectivity index (χ3n) is 4.93. The Morgan fingerprint density at radius 1 is 1.03 bits per heavy atom. The molecule has 0 saturated heterocycles. The number of fused-ring (bicyclic) bond motifs is 1. The van der Waals surface area contributed by atoms with Gasteiger partial charge in [-0.1, -0.05) is 42.5 Å². The van der Waals surface area contributed by atoms with E-state index < -0.39 is 0 Å². The first-order valence-electron chi connectivity index (χ1n) is 9.88. The van der Waals surface area contributed by atoms with Crippen molar-refractivity contribution >= 4 is 28.7 Å². The number of carbonyl (C=O) groups is 1. The fraction of sp³-hybridized carbons (Fsp3) is 0.0833. The van der Waals surface area contributed by atoms with E-state index in [1.165, 1.54) is 11.3 Å². The van der Waals surface area contributed by atoms with Crippen LogP contribution in [-0.2, 0) is 11.2 Å². The fourth-order valence-corrected chi connectivity index (χ4v) is 4.25. The third kappa shape index (κ3) is 3.83. The van der Waals surface area contributed by atoms with Crippen molar-refractivity contribution in [3.8, 4) is 22.0 Å². The Morgan fingerprint density at radius 2 is 1.87 bits per heavy atom. The highest BCUT2D eigenvalue weighted by molar-refractivity contribution is 7.13. The quantitative estimate of drug-likeness (QED) is 0.430. The summed E-state index contributed by atoms with van der Waals surface area (Å²) in [4.78, 5) is 26.7. The molecular weight excluding hydrogens is 406 g/mol. The molecule has 1 aromatic carbocycles. The van der Waals surface area contributed by atoms with Crippen LogP contribution in [0.5, 0.6) is 0 Å². The molecule has 4 heterocycles. The predicted octanol–water partition coefficient (Wildman–Crippen LogP) is 5.01. The van der Waals surface area contributed by atoms with Crippen LogP contribution < -0.4 is 5.32 Å². The van der Waals surface area contributed by atoms with Gasteiger partial charge in [0.05, 0.1) is 17.8 Å². The molecule has 0 spiro atoms. The Morgan fingerprint density at radius 3 is 2.68 bits per heavy atom. The number of thiazole rings is 1. The molecule has 0 aliphatic carbocycles. The monoisotopic (exact) mass is 425 g/mol. The van der Waals surface area contributed by atoms with Crippen molar-refractivity contribution in [3.63, 3.8) is 0 Å². The minimum atomic E-state index is -0.140. The molecule has 0 saturated carbocycles. The maximum absolute atomic E-state index is 12.9. The van der Waals surface area contributed by atoms with E-state index in [1.807, 2.05) is 83.6 Å². The fourth-order valence-electron chi connectivity index (χ4n) is 3.46. The van der Waals surface area contributed by atoms with E-state index in [1.54, 1.807) is 6.20 Å². The van der Waals surface area contributed by atoms with E-state index in [4.69, 9.17) is 4.98 Å². The van der Waals surface area contributed by atoms with Crippen LogP contribution in [0.3, 0.4) is 0 Å². The van der Waals surface area contributed by atoms with Gasteiger partial charge in [-0.25, -0.2) is 9.97 Å². The van der Waals surface area contributed by atoms with E-state index in [9.17, 15) is 4.79 Å². The first-order valence-corrected chi connectivity index (χ1v) is 10.8. The van der Waals surface area contributed by atoms with Gasteiger partial charge in [-0.3, -0.25) is 14.2 Å². The van der Waals surface area contributed by atoms with Gasteiger partial charge >= 0.3 is 0 Å². The minimum Gasteiger partial charge on any atom is -0.310 e. The zero-order valence-electron chi connectivity index (χ0n) is 16.8. The molecule has 0 radical (unpaired) electrons. The molecule has 0 unspecified atom stereocenters. The Balaban J connectivity index is 1.44. The molecule has 5 aromatic rings. The summed E-state index contributed by atoms with van der Waals surface area (Å²) < 4.78 is 1.93. The zero-order valence-corrected chi connectivity index (χ0v) is 17.6. The van der Waals surface area contributed by atoms with Crippen molar-refractivity contribution in [1.29, 1.82) is 0 Å².